The molecule has 0 spiro atoms. The number of carbonyl (C=O) groups is 1. The van der Waals surface area contributed by atoms with E-state index in [2.05, 4.69) is 10.2 Å². The fourth-order valence-electron chi connectivity index (χ4n) is 3.68. The Bertz CT molecular complexity index is 727. The molecule has 3 rings (SSSR count). The normalized spacial score (nSPS) is 19.7. The Balaban J connectivity index is 1.47. The maximum atomic E-state index is 12.5. The second-order valence-corrected chi connectivity index (χ2v) is 9.42. The topological polar surface area (TPSA) is 69.7 Å². The Kier molecular flexibility index (Phi) is 6.42. The monoisotopic (exact) mass is 399 g/mol. The number of halogens is 1. The van der Waals surface area contributed by atoms with Crippen LogP contribution in [-0.4, -0.2) is 57.1 Å². The third-order valence-corrected chi connectivity index (χ3v) is 7.40. The molecular weight excluding hydrogens is 374 g/mol. The van der Waals surface area contributed by atoms with Crippen LogP contribution in [0.4, 0.5) is 5.69 Å². The minimum atomic E-state index is -3.36. The van der Waals surface area contributed by atoms with Crippen LogP contribution >= 0.6 is 11.6 Å². The first-order chi connectivity index (χ1) is 12.5. The molecule has 0 aromatic heterocycles. The number of rotatable bonds is 6. The average Bonchev–Trinajstić information content (AvgIpc) is 3.17. The van der Waals surface area contributed by atoms with Gasteiger partial charge < -0.3 is 10.2 Å². The van der Waals surface area contributed by atoms with Crippen molar-refractivity contribution in [2.24, 2.45) is 5.92 Å². The lowest BCUT2D eigenvalue weighted by molar-refractivity contribution is -0.124. The summed E-state index contributed by atoms with van der Waals surface area (Å²) in [6, 6.07) is 7.60. The van der Waals surface area contributed by atoms with Gasteiger partial charge in [-0.1, -0.05) is 36.6 Å². The van der Waals surface area contributed by atoms with Crippen LogP contribution in [0.25, 0.3) is 0 Å². The van der Waals surface area contributed by atoms with Crippen molar-refractivity contribution in [2.75, 3.05) is 43.4 Å². The minimum Gasteiger partial charge on any atom is -0.368 e. The molecule has 26 heavy (non-hydrogen) atoms. The van der Waals surface area contributed by atoms with Crippen molar-refractivity contribution in [1.29, 1.82) is 0 Å². The molecular formula is C18H26ClN3O3S. The van der Waals surface area contributed by atoms with Gasteiger partial charge in [0.25, 0.3) is 0 Å². The number of sulfonamides is 1. The lowest BCUT2D eigenvalue weighted by Gasteiger charge is -2.35. The number of anilines is 1. The van der Waals surface area contributed by atoms with Crippen LogP contribution in [0.15, 0.2) is 24.3 Å². The molecule has 1 aliphatic heterocycles. The number of nitrogens with one attached hydrogen (secondary N) is 1. The minimum absolute atomic E-state index is 0.00115. The highest BCUT2D eigenvalue weighted by Crippen LogP contribution is 2.26. The standard InChI is InChI=1S/C18H26ClN3O3S/c19-16-7-3-4-8-17(16)21-10-12-22(13-11-21)26(24,25)14-9-20-18(23)15-5-1-2-6-15/h3-4,7-8,15H,1-2,5-6,9-14H2,(H,20,23). The molecule has 8 heteroatoms. The van der Waals surface area contributed by atoms with Crippen LogP contribution in [0.1, 0.15) is 25.7 Å². The van der Waals surface area contributed by atoms with Gasteiger partial charge in [-0.15, -0.1) is 0 Å². The smallest absolute Gasteiger partial charge is 0.223 e. The van der Waals surface area contributed by atoms with E-state index in [-0.39, 0.29) is 24.1 Å². The molecule has 0 unspecified atom stereocenters. The lowest BCUT2D eigenvalue weighted by atomic mass is 10.1. The first-order valence-electron chi connectivity index (χ1n) is 9.22. The zero-order chi connectivity index (χ0) is 18.6. The molecule has 1 heterocycles. The molecule has 1 amide bonds. The molecule has 6 nitrogen and oxygen atoms in total. The molecule has 1 aliphatic carbocycles. The van der Waals surface area contributed by atoms with Crippen LogP contribution in [0.5, 0.6) is 0 Å². The number of hydrogen-bond donors (Lipinski definition) is 1. The van der Waals surface area contributed by atoms with Crippen LogP contribution < -0.4 is 10.2 Å². The second-order valence-electron chi connectivity index (χ2n) is 6.93. The first-order valence-corrected chi connectivity index (χ1v) is 11.2. The first kappa shape index (κ1) is 19.5. The van der Waals surface area contributed by atoms with Gasteiger partial charge >= 0.3 is 0 Å². The summed E-state index contributed by atoms with van der Waals surface area (Å²) >= 11 is 6.22. The molecule has 1 N–H and O–H groups in total. The van der Waals surface area contributed by atoms with Crippen molar-refractivity contribution >= 4 is 33.2 Å². The fourth-order valence-corrected chi connectivity index (χ4v) is 5.27. The number of carbonyl (C=O) groups excluding carboxylic acids is 1. The molecule has 0 atom stereocenters. The maximum absolute atomic E-state index is 12.5. The second kappa shape index (κ2) is 8.59. The molecule has 1 aromatic rings. The van der Waals surface area contributed by atoms with Crippen molar-refractivity contribution in [2.45, 2.75) is 25.7 Å². The van der Waals surface area contributed by atoms with Gasteiger partial charge in [0, 0.05) is 38.6 Å². The lowest BCUT2D eigenvalue weighted by Crippen LogP contribution is -2.50. The molecule has 1 saturated carbocycles. The van der Waals surface area contributed by atoms with Crippen molar-refractivity contribution in [3.63, 3.8) is 0 Å². The van der Waals surface area contributed by atoms with Gasteiger partial charge in [0.05, 0.1) is 16.5 Å². The highest BCUT2D eigenvalue weighted by Gasteiger charge is 2.28. The van der Waals surface area contributed by atoms with Crippen LogP contribution in [-0.2, 0) is 14.8 Å². The van der Waals surface area contributed by atoms with Gasteiger partial charge in [-0.05, 0) is 25.0 Å². The molecule has 2 aliphatic rings. The predicted octanol–water partition coefficient (Wildman–Crippen LogP) is 2.10. The van der Waals surface area contributed by atoms with E-state index in [1.54, 1.807) is 0 Å². The molecule has 144 valence electrons. The van der Waals surface area contributed by atoms with E-state index >= 15 is 0 Å². The summed E-state index contributed by atoms with van der Waals surface area (Å²) in [6.07, 6.45) is 4.02. The summed E-state index contributed by atoms with van der Waals surface area (Å²) in [5.41, 5.74) is 0.940. The van der Waals surface area contributed by atoms with E-state index < -0.39 is 10.0 Å². The number of benzene rings is 1. The van der Waals surface area contributed by atoms with E-state index in [1.165, 1.54) is 4.31 Å². The van der Waals surface area contributed by atoms with Crippen molar-refractivity contribution in [1.82, 2.24) is 9.62 Å². The summed E-state index contributed by atoms with van der Waals surface area (Å²) < 4.78 is 26.6. The van der Waals surface area contributed by atoms with Gasteiger partial charge in [-0.3, -0.25) is 4.79 Å². The quantitative estimate of drug-likeness (QED) is 0.795. The van der Waals surface area contributed by atoms with Gasteiger partial charge in [0.1, 0.15) is 0 Å². The van der Waals surface area contributed by atoms with Crippen LogP contribution in [0.2, 0.25) is 5.02 Å². The zero-order valence-corrected chi connectivity index (χ0v) is 16.4. The Hall–Kier alpha value is -1.31. The highest BCUT2D eigenvalue weighted by atomic mass is 35.5. The van der Waals surface area contributed by atoms with Gasteiger partial charge in [-0.2, -0.15) is 4.31 Å². The largest absolute Gasteiger partial charge is 0.368 e. The maximum Gasteiger partial charge on any atom is 0.223 e. The SMILES string of the molecule is O=C(NCCS(=O)(=O)N1CCN(c2ccccc2Cl)CC1)C1CCCC1. The Morgan fingerprint density at radius 1 is 1.12 bits per heavy atom. The molecule has 0 bridgehead atoms. The van der Waals surface area contributed by atoms with E-state index in [0.717, 1.165) is 31.4 Å². The summed E-state index contributed by atoms with van der Waals surface area (Å²) in [7, 11) is -3.36. The summed E-state index contributed by atoms with van der Waals surface area (Å²) in [5, 5.41) is 3.47. The van der Waals surface area contributed by atoms with Crippen molar-refractivity contribution in [3.05, 3.63) is 29.3 Å². The van der Waals surface area contributed by atoms with Gasteiger partial charge in [0.2, 0.25) is 15.9 Å². The number of amides is 1. The third-order valence-electron chi connectivity index (χ3n) is 5.21. The van der Waals surface area contributed by atoms with E-state index in [0.29, 0.717) is 31.2 Å². The summed E-state index contributed by atoms with van der Waals surface area (Å²) in [6.45, 7) is 2.27. The molecule has 1 aromatic carbocycles. The highest BCUT2D eigenvalue weighted by molar-refractivity contribution is 7.89. The number of hydrogen-bond acceptors (Lipinski definition) is 4. The van der Waals surface area contributed by atoms with E-state index in [9.17, 15) is 13.2 Å². The molecule has 2 fully saturated rings. The van der Waals surface area contributed by atoms with Gasteiger partial charge in [-0.25, -0.2) is 8.42 Å². The fraction of sp³-hybridized carbons (Fsp3) is 0.611. The van der Waals surface area contributed by atoms with Crippen LogP contribution in [0.3, 0.4) is 0 Å². The van der Waals surface area contributed by atoms with Crippen molar-refractivity contribution < 1.29 is 13.2 Å². The van der Waals surface area contributed by atoms with E-state index in [4.69, 9.17) is 11.6 Å². The third kappa shape index (κ3) is 4.69. The Morgan fingerprint density at radius 2 is 1.77 bits per heavy atom. The molecule has 1 saturated heterocycles. The Morgan fingerprint density at radius 3 is 2.42 bits per heavy atom. The predicted molar refractivity (Wildman–Crippen MR) is 104 cm³/mol. The van der Waals surface area contributed by atoms with Crippen molar-refractivity contribution in [3.8, 4) is 0 Å². The van der Waals surface area contributed by atoms with E-state index in [1.807, 2.05) is 24.3 Å². The molecule has 0 radical (unpaired) electrons. The number of nitrogens with zero attached hydrogens (tertiary/aromatic N) is 2. The Labute approximate surface area is 160 Å². The van der Waals surface area contributed by atoms with Crippen LogP contribution in [0, 0.1) is 5.92 Å². The zero-order valence-electron chi connectivity index (χ0n) is 14.9. The summed E-state index contributed by atoms with van der Waals surface area (Å²) in [4.78, 5) is 14.1. The average molecular weight is 400 g/mol. The summed E-state index contributed by atoms with van der Waals surface area (Å²) in [5.74, 6) is 0.0236. The van der Waals surface area contributed by atoms with Gasteiger partial charge in [0.15, 0.2) is 0 Å². The number of para-hydroxylation sites is 1. The number of piperazine rings is 1.